The summed E-state index contributed by atoms with van der Waals surface area (Å²) in [6, 6.07) is 5.17. The van der Waals surface area contributed by atoms with Crippen molar-refractivity contribution in [3.05, 3.63) is 18.2 Å². The van der Waals surface area contributed by atoms with Gasteiger partial charge in [0.2, 0.25) is 0 Å². The fraction of sp³-hybridized carbons (Fsp3) is 0.600. The van der Waals surface area contributed by atoms with E-state index in [1.807, 2.05) is 0 Å². The van der Waals surface area contributed by atoms with Crippen molar-refractivity contribution in [2.75, 3.05) is 32.1 Å². The van der Waals surface area contributed by atoms with E-state index in [4.69, 9.17) is 4.74 Å². The van der Waals surface area contributed by atoms with Crippen molar-refractivity contribution < 1.29 is 18.3 Å². The zero-order valence-corrected chi connectivity index (χ0v) is 12.0. The number of benzene rings is 1. The lowest BCUT2D eigenvalue weighted by atomic mass is 9.94. The van der Waals surface area contributed by atoms with Crippen LogP contribution < -0.4 is 14.8 Å². The molecular weight excluding hydrogens is 278 g/mol. The molecule has 2 aliphatic heterocycles. The van der Waals surface area contributed by atoms with Gasteiger partial charge in [-0.05, 0) is 37.4 Å². The zero-order valence-electron chi connectivity index (χ0n) is 12.0. The number of nitrogens with one attached hydrogen (secondary N) is 1. The molecule has 1 aromatic rings. The van der Waals surface area contributed by atoms with Crippen LogP contribution in [0.1, 0.15) is 12.8 Å². The molecule has 4 nitrogen and oxygen atoms in total. The number of hydrogen-bond acceptors (Lipinski definition) is 4. The van der Waals surface area contributed by atoms with Gasteiger partial charge in [-0.1, -0.05) is 0 Å². The number of ether oxygens (including phenoxy) is 2. The number of rotatable bonds is 5. The van der Waals surface area contributed by atoms with E-state index >= 15 is 0 Å². The fourth-order valence-electron chi connectivity index (χ4n) is 3.29. The van der Waals surface area contributed by atoms with Gasteiger partial charge in [0.05, 0.1) is 12.8 Å². The minimum Gasteiger partial charge on any atom is -0.497 e. The molecule has 1 aromatic carbocycles. The third-order valence-electron chi connectivity index (χ3n) is 4.38. The molecule has 3 atom stereocenters. The molecule has 0 amide bonds. The number of nitrogens with zero attached hydrogens (tertiary/aromatic N) is 1. The summed E-state index contributed by atoms with van der Waals surface area (Å²) in [6.07, 6.45) is 2.18. The van der Waals surface area contributed by atoms with Gasteiger partial charge in [-0.3, -0.25) is 0 Å². The molecule has 2 heterocycles. The highest BCUT2D eigenvalue weighted by Gasteiger charge is 2.34. The van der Waals surface area contributed by atoms with Gasteiger partial charge in [0, 0.05) is 25.2 Å². The van der Waals surface area contributed by atoms with E-state index in [0.717, 1.165) is 32.5 Å². The Morgan fingerprint density at radius 2 is 2.10 bits per heavy atom. The highest BCUT2D eigenvalue weighted by Crippen LogP contribution is 2.35. The van der Waals surface area contributed by atoms with Crippen molar-refractivity contribution in [3.8, 4) is 11.5 Å². The Hall–Kier alpha value is -1.56. The summed E-state index contributed by atoms with van der Waals surface area (Å²) in [5.41, 5.74) is 0.583. The minimum absolute atomic E-state index is 0.172. The number of fused-ring (bicyclic) bond motifs is 2. The number of methoxy groups -OCH3 is 1. The molecule has 0 saturated carbocycles. The van der Waals surface area contributed by atoms with Crippen LogP contribution in [-0.2, 0) is 0 Å². The highest BCUT2D eigenvalue weighted by atomic mass is 19.3. The van der Waals surface area contributed by atoms with Gasteiger partial charge in [-0.25, -0.2) is 0 Å². The maximum absolute atomic E-state index is 12.5. The van der Waals surface area contributed by atoms with Crippen LogP contribution in [0.4, 0.5) is 14.5 Å². The molecule has 0 aliphatic carbocycles. The Bertz CT molecular complexity index is 499. The molecule has 2 saturated heterocycles. The van der Waals surface area contributed by atoms with Gasteiger partial charge >= 0.3 is 6.61 Å². The van der Waals surface area contributed by atoms with Gasteiger partial charge in [0.1, 0.15) is 11.5 Å². The highest BCUT2D eigenvalue weighted by molar-refractivity contribution is 5.60. The van der Waals surface area contributed by atoms with Crippen molar-refractivity contribution in [1.29, 1.82) is 0 Å². The Morgan fingerprint density at radius 3 is 2.86 bits per heavy atom. The first-order valence-corrected chi connectivity index (χ1v) is 7.27. The lowest BCUT2D eigenvalue weighted by Crippen LogP contribution is -2.39. The Balaban J connectivity index is 1.78. The normalized spacial score (nSPS) is 27.7. The van der Waals surface area contributed by atoms with Crippen molar-refractivity contribution in [1.82, 2.24) is 4.90 Å². The SMILES string of the molecule is COc1ccc(OC(F)F)c(NC2CCN3CCC2C3)c1. The summed E-state index contributed by atoms with van der Waals surface area (Å²) in [7, 11) is 1.56. The van der Waals surface area contributed by atoms with Crippen molar-refractivity contribution >= 4 is 5.69 Å². The van der Waals surface area contributed by atoms with Crippen LogP contribution in [-0.4, -0.2) is 44.3 Å². The summed E-state index contributed by atoms with van der Waals surface area (Å²) in [4.78, 5) is 2.45. The molecule has 3 unspecified atom stereocenters. The molecule has 0 radical (unpaired) electrons. The molecule has 2 fully saturated rings. The van der Waals surface area contributed by atoms with Gasteiger partial charge in [-0.2, -0.15) is 8.78 Å². The topological polar surface area (TPSA) is 33.7 Å². The van der Waals surface area contributed by atoms with Gasteiger partial charge in [0.25, 0.3) is 0 Å². The van der Waals surface area contributed by atoms with E-state index in [-0.39, 0.29) is 5.75 Å². The molecule has 0 aromatic heterocycles. The second-order valence-electron chi connectivity index (χ2n) is 5.63. The molecule has 116 valence electrons. The van der Waals surface area contributed by atoms with Gasteiger partial charge in [0.15, 0.2) is 0 Å². The van der Waals surface area contributed by atoms with Gasteiger partial charge in [-0.15, -0.1) is 0 Å². The van der Waals surface area contributed by atoms with E-state index in [1.165, 1.54) is 6.07 Å². The molecule has 6 heteroatoms. The molecule has 1 N–H and O–H groups in total. The standard InChI is InChI=1S/C15H20F2N2O2/c1-20-11-2-3-14(21-15(16)17)13(8-11)18-12-5-7-19-6-4-10(12)9-19/h2-3,8,10,12,15,18H,4-7,9H2,1H3. The molecule has 3 rings (SSSR count). The first kappa shape index (κ1) is 14.4. The lowest BCUT2D eigenvalue weighted by Gasteiger charge is -2.32. The van der Waals surface area contributed by atoms with E-state index in [1.54, 1.807) is 19.2 Å². The Labute approximate surface area is 123 Å². The maximum atomic E-state index is 12.5. The average molecular weight is 298 g/mol. The first-order chi connectivity index (χ1) is 10.2. The van der Waals surface area contributed by atoms with E-state index < -0.39 is 6.61 Å². The number of halogens is 2. The molecular formula is C15H20F2N2O2. The van der Waals surface area contributed by atoms with Crippen LogP contribution in [0.25, 0.3) is 0 Å². The molecule has 2 bridgehead atoms. The predicted molar refractivity (Wildman–Crippen MR) is 76.2 cm³/mol. The lowest BCUT2D eigenvalue weighted by molar-refractivity contribution is -0.0494. The number of alkyl halides is 2. The van der Waals surface area contributed by atoms with E-state index in [2.05, 4.69) is 15.0 Å². The Kier molecular flexibility index (Phi) is 4.14. The third-order valence-corrected chi connectivity index (χ3v) is 4.38. The van der Waals surface area contributed by atoms with Crippen molar-refractivity contribution in [3.63, 3.8) is 0 Å². The monoisotopic (exact) mass is 298 g/mol. The summed E-state index contributed by atoms with van der Waals surface area (Å²) in [5.74, 6) is 1.37. The zero-order chi connectivity index (χ0) is 14.8. The van der Waals surface area contributed by atoms with E-state index in [9.17, 15) is 8.78 Å². The third kappa shape index (κ3) is 3.20. The molecule has 2 aliphatic rings. The number of piperidine rings is 1. The van der Waals surface area contributed by atoms with Crippen LogP contribution in [0.3, 0.4) is 0 Å². The van der Waals surface area contributed by atoms with Crippen LogP contribution >= 0.6 is 0 Å². The molecule has 21 heavy (non-hydrogen) atoms. The van der Waals surface area contributed by atoms with Crippen molar-refractivity contribution in [2.24, 2.45) is 5.92 Å². The minimum atomic E-state index is -2.83. The summed E-state index contributed by atoms with van der Waals surface area (Å²) in [5, 5.41) is 3.39. The summed E-state index contributed by atoms with van der Waals surface area (Å²) >= 11 is 0. The van der Waals surface area contributed by atoms with Crippen LogP contribution in [0.15, 0.2) is 18.2 Å². The Morgan fingerprint density at radius 1 is 1.29 bits per heavy atom. The average Bonchev–Trinajstić information content (AvgIpc) is 2.86. The number of anilines is 1. The quantitative estimate of drug-likeness (QED) is 0.906. The summed E-state index contributed by atoms with van der Waals surface area (Å²) < 4.78 is 34.8. The smallest absolute Gasteiger partial charge is 0.387 e. The van der Waals surface area contributed by atoms with Crippen LogP contribution in [0.2, 0.25) is 0 Å². The van der Waals surface area contributed by atoms with Crippen molar-refractivity contribution in [2.45, 2.75) is 25.5 Å². The molecule has 0 spiro atoms. The summed E-state index contributed by atoms with van der Waals surface area (Å²) in [6.45, 7) is 0.462. The number of hydrogen-bond donors (Lipinski definition) is 1. The largest absolute Gasteiger partial charge is 0.497 e. The fourth-order valence-corrected chi connectivity index (χ4v) is 3.29. The van der Waals surface area contributed by atoms with Crippen LogP contribution in [0.5, 0.6) is 11.5 Å². The second-order valence-corrected chi connectivity index (χ2v) is 5.63. The van der Waals surface area contributed by atoms with Crippen LogP contribution in [0, 0.1) is 5.92 Å². The maximum Gasteiger partial charge on any atom is 0.387 e. The van der Waals surface area contributed by atoms with E-state index in [0.29, 0.717) is 23.4 Å². The first-order valence-electron chi connectivity index (χ1n) is 7.27. The predicted octanol–water partition coefficient (Wildman–Crippen LogP) is 2.80. The van der Waals surface area contributed by atoms with Gasteiger partial charge < -0.3 is 19.7 Å². The second kappa shape index (κ2) is 6.05.